The molecule has 0 radical (unpaired) electrons. The number of carbonyl (C=O) groups is 2. The lowest BCUT2D eigenvalue weighted by Crippen LogP contribution is -2.67. The van der Waals surface area contributed by atoms with Gasteiger partial charge in [0.2, 0.25) is 0 Å². The van der Waals surface area contributed by atoms with Gasteiger partial charge in [-0.15, -0.1) is 0 Å². The number of aromatic nitrogens is 2. The molecule has 3 aromatic carbocycles. The van der Waals surface area contributed by atoms with Gasteiger partial charge in [0.25, 0.3) is 13.9 Å². The highest BCUT2D eigenvalue weighted by molar-refractivity contribution is 6.99. The lowest BCUT2D eigenvalue weighted by molar-refractivity contribution is -0.0554. The molecular formula is C43H54N4O9Si. The Bertz CT molecular complexity index is 2020. The van der Waals surface area contributed by atoms with Crippen LogP contribution in [0.3, 0.4) is 0 Å². The fourth-order valence-corrected chi connectivity index (χ4v) is 12.7. The largest absolute Gasteiger partial charge is 0.508 e. The second-order valence-corrected chi connectivity index (χ2v) is 20.2. The van der Waals surface area contributed by atoms with E-state index in [1.807, 2.05) is 66.7 Å². The van der Waals surface area contributed by atoms with Crippen molar-refractivity contribution < 1.29 is 33.3 Å². The third-order valence-electron chi connectivity index (χ3n) is 11.0. The van der Waals surface area contributed by atoms with E-state index in [0.29, 0.717) is 31.7 Å². The summed E-state index contributed by atoms with van der Waals surface area (Å²) in [4.78, 5) is 56.7. The van der Waals surface area contributed by atoms with Crippen molar-refractivity contribution in [1.29, 1.82) is 0 Å². The minimum absolute atomic E-state index is 0.00423. The standard InChI is InChI=1S/C43H54N4O9Si/c1-31-27-47(40(49)44-39(31)48)38-26-36(37(55-38)30-54-57(43(2,3)4,34-19-10-6-11-20-34)35-21-12-7-13-22-35)56-42(52)53-25-24-45(28-32-16-8-5-9-17-32)29-33-18-14-15-23-46(33)41(50)51/h5-13,16-17,19-22,27,33,36-38H,14-15,18,23-26,28-30H2,1-4H3,(H,50,51)(H,44,48,49)/t33?,36-,37+,38+/m0/s1. The molecule has 1 amide bonds. The van der Waals surface area contributed by atoms with Crippen molar-refractivity contribution in [2.24, 2.45) is 0 Å². The van der Waals surface area contributed by atoms with Gasteiger partial charge in [0.1, 0.15) is 25.0 Å². The number of aryl methyl sites for hydroxylation is 1. The summed E-state index contributed by atoms with van der Waals surface area (Å²) in [5.41, 5.74) is 0.270. The van der Waals surface area contributed by atoms with Crippen LogP contribution in [0.1, 0.15) is 63.8 Å². The highest BCUT2D eigenvalue weighted by Gasteiger charge is 2.52. The van der Waals surface area contributed by atoms with Crippen molar-refractivity contribution in [2.45, 2.75) is 89.4 Å². The van der Waals surface area contributed by atoms with Gasteiger partial charge in [-0.25, -0.2) is 14.4 Å². The Hall–Kier alpha value is -5.02. The molecule has 6 rings (SSSR count). The van der Waals surface area contributed by atoms with Gasteiger partial charge in [-0.2, -0.15) is 0 Å². The Labute approximate surface area is 334 Å². The summed E-state index contributed by atoms with van der Waals surface area (Å²) in [6.45, 7) is 10.0. The average Bonchev–Trinajstić information content (AvgIpc) is 3.59. The minimum Gasteiger partial charge on any atom is -0.465 e. The first-order valence-electron chi connectivity index (χ1n) is 19.7. The molecule has 1 aromatic heterocycles. The highest BCUT2D eigenvalue weighted by atomic mass is 28.4. The van der Waals surface area contributed by atoms with Crippen molar-refractivity contribution in [3.8, 4) is 0 Å². The number of nitrogens with one attached hydrogen (secondary N) is 1. The number of likely N-dealkylation sites (tertiary alicyclic amines) is 1. The van der Waals surface area contributed by atoms with Gasteiger partial charge in [0.05, 0.1) is 6.61 Å². The van der Waals surface area contributed by atoms with E-state index < -0.39 is 50.3 Å². The van der Waals surface area contributed by atoms with Gasteiger partial charge >= 0.3 is 17.9 Å². The van der Waals surface area contributed by atoms with Crippen molar-refractivity contribution in [1.82, 2.24) is 19.4 Å². The van der Waals surface area contributed by atoms with Crippen LogP contribution in [0.4, 0.5) is 9.59 Å². The lowest BCUT2D eigenvalue weighted by Gasteiger charge is -2.43. The number of carboxylic acid groups (broad SMARTS) is 1. The summed E-state index contributed by atoms with van der Waals surface area (Å²) < 4.78 is 26.6. The number of carbonyl (C=O) groups excluding carboxylic acids is 1. The Kier molecular flexibility index (Phi) is 13.5. The fourth-order valence-electron chi connectivity index (χ4n) is 8.15. The molecular weight excluding hydrogens is 745 g/mol. The summed E-state index contributed by atoms with van der Waals surface area (Å²) in [6.07, 6.45) is -0.203. The molecule has 4 atom stereocenters. The zero-order chi connectivity index (χ0) is 40.6. The molecule has 0 saturated carbocycles. The molecule has 0 bridgehead atoms. The number of piperidine rings is 1. The molecule has 304 valence electrons. The van der Waals surface area contributed by atoms with Crippen molar-refractivity contribution in [2.75, 3.05) is 32.8 Å². The number of ether oxygens (including phenoxy) is 3. The molecule has 13 nitrogen and oxygen atoms in total. The lowest BCUT2D eigenvalue weighted by atomic mass is 10.0. The van der Waals surface area contributed by atoms with E-state index in [1.54, 1.807) is 6.92 Å². The molecule has 2 aliphatic rings. The molecule has 2 N–H and O–H groups in total. The van der Waals surface area contributed by atoms with Crippen LogP contribution in [-0.4, -0.2) is 96.1 Å². The number of aromatic amines is 1. The van der Waals surface area contributed by atoms with E-state index in [9.17, 15) is 24.3 Å². The monoisotopic (exact) mass is 798 g/mol. The summed E-state index contributed by atoms with van der Waals surface area (Å²) in [5.74, 6) is 0. The maximum absolute atomic E-state index is 13.5. The van der Waals surface area contributed by atoms with Crippen LogP contribution >= 0.6 is 0 Å². The van der Waals surface area contributed by atoms with Crippen molar-refractivity contribution >= 4 is 30.9 Å². The highest BCUT2D eigenvalue weighted by Crippen LogP contribution is 2.38. The predicted octanol–water partition coefficient (Wildman–Crippen LogP) is 5.27. The van der Waals surface area contributed by atoms with Gasteiger partial charge in [0.15, 0.2) is 0 Å². The second kappa shape index (κ2) is 18.5. The summed E-state index contributed by atoms with van der Waals surface area (Å²) in [5, 5.41) is 11.7. The summed E-state index contributed by atoms with van der Waals surface area (Å²) >= 11 is 0. The normalized spacial score (nSPS) is 20.1. The van der Waals surface area contributed by atoms with E-state index in [-0.39, 0.29) is 30.7 Å². The third kappa shape index (κ3) is 9.93. The Balaban J connectivity index is 1.21. The molecule has 0 spiro atoms. The second-order valence-electron chi connectivity index (χ2n) is 15.9. The maximum atomic E-state index is 13.5. The quantitative estimate of drug-likeness (QED) is 0.128. The number of rotatable bonds is 14. The molecule has 2 aliphatic heterocycles. The maximum Gasteiger partial charge on any atom is 0.508 e. The van der Waals surface area contributed by atoms with Crippen LogP contribution < -0.4 is 21.6 Å². The third-order valence-corrected chi connectivity index (χ3v) is 16.0. The van der Waals surface area contributed by atoms with E-state index in [4.69, 9.17) is 18.6 Å². The van der Waals surface area contributed by atoms with Gasteiger partial charge in [0, 0.05) is 50.4 Å². The molecule has 14 heteroatoms. The molecule has 3 heterocycles. The predicted molar refractivity (Wildman–Crippen MR) is 218 cm³/mol. The minimum atomic E-state index is -3.03. The molecule has 1 unspecified atom stereocenters. The number of hydrogen-bond acceptors (Lipinski definition) is 9. The Morgan fingerprint density at radius 1 is 0.947 bits per heavy atom. The number of H-pyrrole nitrogens is 1. The van der Waals surface area contributed by atoms with E-state index in [0.717, 1.165) is 35.2 Å². The first-order chi connectivity index (χ1) is 27.4. The Morgan fingerprint density at radius 3 is 2.19 bits per heavy atom. The van der Waals surface area contributed by atoms with Crippen LogP contribution in [0.5, 0.6) is 0 Å². The van der Waals surface area contributed by atoms with Crippen molar-refractivity contribution in [3.05, 3.63) is 129 Å². The molecule has 57 heavy (non-hydrogen) atoms. The number of hydrogen-bond donors (Lipinski definition) is 2. The number of benzene rings is 3. The van der Waals surface area contributed by atoms with Crippen LogP contribution in [-0.2, 0) is 25.2 Å². The smallest absolute Gasteiger partial charge is 0.465 e. The van der Waals surface area contributed by atoms with Crippen molar-refractivity contribution in [3.63, 3.8) is 0 Å². The van der Waals surface area contributed by atoms with Crippen LogP contribution in [0.25, 0.3) is 0 Å². The van der Waals surface area contributed by atoms with Crippen LogP contribution in [0.15, 0.2) is 107 Å². The van der Waals surface area contributed by atoms with E-state index in [2.05, 4.69) is 54.9 Å². The van der Waals surface area contributed by atoms with E-state index in [1.165, 1.54) is 15.7 Å². The summed E-state index contributed by atoms with van der Waals surface area (Å²) in [7, 11) is -3.03. The molecule has 2 fully saturated rings. The van der Waals surface area contributed by atoms with E-state index >= 15 is 0 Å². The zero-order valence-corrected chi connectivity index (χ0v) is 34.2. The first-order valence-corrected chi connectivity index (χ1v) is 21.6. The van der Waals surface area contributed by atoms with Gasteiger partial charge in [-0.05, 0) is 47.2 Å². The topological polar surface area (TPSA) is 153 Å². The average molecular weight is 799 g/mol. The fraction of sp³-hybridized carbons (Fsp3) is 0.442. The van der Waals surface area contributed by atoms with Crippen LogP contribution in [0, 0.1) is 6.92 Å². The molecule has 4 aromatic rings. The van der Waals surface area contributed by atoms with Gasteiger partial charge in [-0.3, -0.25) is 19.2 Å². The Morgan fingerprint density at radius 2 is 1.58 bits per heavy atom. The molecule has 0 aliphatic carbocycles. The van der Waals surface area contributed by atoms with Gasteiger partial charge < -0.3 is 28.6 Å². The van der Waals surface area contributed by atoms with Crippen LogP contribution in [0.2, 0.25) is 5.04 Å². The zero-order valence-electron chi connectivity index (χ0n) is 33.2. The first kappa shape index (κ1) is 41.6. The number of amides is 1. The molecule has 2 saturated heterocycles. The SMILES string of the molecule is Cc1cn([C@H]2C[C@H](OC(=O)OCCN(Cc3ccccc3)CC3CCCCN3C(=O)O)[C@@H](CO[Si](c3ccccc3)(c3ccccc3)C(C)(C)C)O2)c(=O)[nH]c1=O. The number of nitrogens with zero attached hydrogens (tertiary/aromatic N) is 3. The van der Waals surface area contributed by atoms with Gasteiger partial charge in [-0.1, -0.05) is 112 Å². The summed E-state index contributed by atoms with van der Waals surface area (Å²) in [6, 6.07) is 30.0.